The molecule has 4 heteroatoms. The largest absolute Gasteiger partial charge is 4.00 e. The van der Waals surface area contributed by atoms with Crippen LogP contribution < -0.4 is 24.8 Å². The number of benzene rings is 2. The molecule has 0 nitrogen and oxygen atoms in total. The van der Waals surface area contributed by atoms with E-state index in [1.807, 2.05) is 0 Å². The minimum Gasteiger partial charge on any atom is -1.00 e. The molecule has 0 aliphatic heterocycles. The number of hydrogen-bond acceptors (Lipinski definition) is 0. The quantitative estimate of drug-likeness (QED) is 0.239. The molecule has 0 amide bonds. The van der Waals surface area contributed by atoms with Crippen molar-refractivity contribution in [1.82, 2.24) is 0 Å². The Morgan fingerprint density at radius 2 is 1.00 bits per heavy atom. The zero-order chi connectivity index (χ0) is 22.6. The Hall–Kier alpha value is -0.660. The third kappa shape index (κ3) is 12.9. The molecule has 34 heavy (non-hydrogen) atoms. The second kappa shape index (κ2) is 19.5. The Morgan fingerprint density at radius 3 is 1.26 bits per heavy atom. The van der Waals surface area contributed by atoms with Gasteiger partial charge in [-0.3, -0.25) is 0 Å². The van der Waals surface area contributed by atoms with Gasteiger partial charge in [0.15, 0.2) is 0 Å². The van der Waals surface area contributed by atoms with E-state index in [2.05, 4.69) is 114 Å². The SMILES string of the molecule is CC(C)Cc1cc2ccccc2[cH-]1.CC(C)Cc1cc2ccccc2[cH-]1.CC[SiH]CC.[Cl-].[Cl-].[Zr+4]. The number of hydrogen-bond donors (Lipinski definition) is 0. The zero-order valence-electron chi connectivity index (χ0n) is 21.7. The van der Waals surface area contributed by atoms with Crippen LogP contribution in [0.2, 0.25) is 12.1 Å². The first-order valence-corrected chi connectivity index (χ1v) is 13.7. The van der Waals surface area contributed by atoms with Gasteiger partial charge in [0.1, 0.15) is 0 Å². The molecule has 0 atom stereocenters. The van der Waals surface area contributed by atoms with E-state index in [0.29, 0.717) is 0 Å². The third-order valence-electron chi connectivity index (χ3n) is 5.22. The van der Waals surface area contributed by atoms with Gasteiger partial charge >= 0.3 is 26.2 Å². The van der Waals surface area contributed by atoms with Crippen molar-refractivity contribution in [2.45, 2.75) is 66.5 Å². The minimum absolute atomic E-state index is 0. The van der Waals surface area contributed by atoms with Gasteiger partial charge in [0.25, 0.3) is 0 Å². The predicted molar refractivity (Wildman–Crippen MR) is 144 cm³/mol. The summed E-state index contributed by atoms with van der Waals surface area (Å²) in [6.07, 6.45) is 2.38. The van der Waals surface area contributed by atoms with Crippen LogP contribution in [0.3, 0.4) is 0 Å². The van der Waals surface area contributed by atoms with Gasteiger partial charge in [-0.2, -0.15) is 12.1 Å². The maximum atomic E-state index is 2.30. The summed E-state index contributed by atoms with van der Waals surface area (Å²) in [6, 6.07) is 29.2. The van der Waals surface area contributed by atoms with Crippen LogP contribution in [0.25, 0.3) is 21.5 Å². The van der Waals surface area contributed by atoms with E-state index in [0.717, 1.165) is 21.4 Å². The van der Waals surface area contributed by atoms with Gasteiger partial charge < -0.3 is 24.8 Å². The van der Waals surface area contributed by atoms with Crippen LogP contribution in [0.5, 0.6) is 0 Å². The van der Waals surface area contributed by atoms with E-state index in [1.54, 1.807) is 0 Å². The second-order valence-electron chi connectivity index (χ2n) is 9.29. The van der Waals surface area contributed by atoms with Crippen molar-refractivity contribution in [2.75, 3.05) is 0 Å². The Kier molecular flexibility index (Phi) is 20.4. The van der Waals surface area contributed by atoms with E-state index in [9.17, 15) is 0 Å². The van der Waals surface area contributed by atoms with Crippen molar-refractivity contribution in [1.29, 1.82) is 0 Å². The molecule has 4 rings (SSSR count). The average Bonchev–Trinajstić information content (AvgIpc) is 3.31. The van der Waals surface area contributed by atoms with Crippen LogP contribution in [-0.4, -0.2) is 9.52 Å². The van der Waals surface area contributed by atoms with Gasteiger partial charge in [0.05, 0.1) is 0 Å². The molecule has 0 unspecified atom stereocenters. The fourth-order valence-corrected chi connectivity index (χ4v) is 4.47. The summed E-state index contributed by atoms with van der Waals surface area (Å²) in [5, 5.41) is 5.49. The molecule has 183 valence electrons. The molecule has 4 aromatic rings. The summed E-state index contributed by atoms with van der Waals surface area (Å²) in [5.41, 5.74) is 2.94. The van der Waals surface area contributed by atoms with E-state index < -0.39 is 0 Å². The second-order valence-corrected chi connectivity index (χ2v) is 11.5. The summed E-state index contributed by atoms with van der Waals surface area (Å²) in [4.78, 5) is 0. The predicted octanol–water partition coefficient (Wildman–Crippen LogP) is 2.82. The molecule has 4 aromatic carbocycles. The maximum absolute atomic E-state index is 2.30. The van der Waals surface area contributed by atoms with Gasteiger partial charge in [-0.25, -0.2) is 0 Å². The van der Waals surface area contributed by atoms with Crippen LogP contribution in [0.1, 0.15) is 52.7 Å². The molecule has 0 saturated carbocycles. The standard InChI is InChI=1S/2C13H15.C4H11Si.2ClH.Zr/c2*1-10(2)7-11-8-12-5-3-4-6-13(12)9-11;1-3-5-4-2;;;/h2*3-6,8-10H,7H2,1-2H3;5H,3-4H2,1-2H3;2*1H;/q2*-1;;;;+4/p-2. The molecular weight excluding hydrogens is 551 g/mol. The van der Waals surface area contributed by atoms with Gasteiger partial charge in [0.2, 0.25) is 0 Å². The fraction of sp³-hybridized carbons (Fsp3) is 0.400. The average molecular weight is 592 g/mol. The summed E-state index contributed by atoms with van der Waals surface area (Å²) in [7, 11) is 0.815. The monoisotopic (exact) mass is 589 g/mol. The van der Waals surface area contributed by atoms with E-state index in [4.69, 9.17) is 0 Å². The first kappa shape index (κ1) is 35.5. The topological polar surface area (TPSA) is 0 Å². The van der Waals surface area contributed by atoms with Gasteiger partial charge in [-0.1, -0.05) is 65.8 Å². The van der Waals surface area contributed by atoms with Crippen LogP contribution in [0, 0.1) is 11.8 Å². The van der Waals surface area contributed by atoms with E-state index in [1.165, 1.54) is 57.6 Å². The van der Waals surface area contributed by atoms with Gasteiger partial charge in [0, 0.05) is 9.52 Å². The first-order chi connectivity index (χ1) is 14.9. The van der Waals surface area contributed by atoms with E-state index >= 15 is 0 Å². The summed E-state index contributed by atoms with van der Waals surface area (Å²) in [6.45, 7) is 13.5. The molecule has 0 saturated heterocycles. The number of fused-ring (bicyclic) bond motifs is 2. The summed E-state index contributed by atoms with van der Waals surface area (Å²) >= 11 is 0. The Balaban J connectivity index is 0. The summed E-state index contributed by atoms with van der Waals surface area (Å²) in [5.74, 6) is 1.49. The van der Waals surface area contributed by atoms with Crippen LogP contribution in [0.4, 0.5) is 0 Å². The van der Waals surface area contributed by atoms with Crippen LogP contribution in [-0.2, 0) is 39.0 Å². The Morgan fingerprint density at radius 1 is 0.647 bits per heavy atom. The molecule has 0 aromatic heterocycles. The van der Waals surface area contributed by atoms with Crippen LogP contribution >= 0.6 is 0 Å². The number of halogens is 2. The van der Waals surface area contributed by atoms with Crippen molar-refractivity contribution in [3.63, 3.8) is 0 Å². The van der Waals surface area contributed by atoms with E-state index in [-0.39, 0.29) is 51.0 Å². The fourth-order valence-electron chi connectivity index (χ4n) is 3.90. The molecule has 0 heterocycles. The van der Waals surface area contributed by atoms with Crippen molar-refractivity contribution in [2.24, 2.45) is 11.8 Å². The molecule has 1 radical (unpaired) electrons. The molecule has 0 fully saturated rings. The molecule has 0 aliphatic carbocycles. The van der Waals surface area contributed by atoms with Crippen molar-refractivity contribution in [3.8, 4) is 0 Å². The normalized spacial score (nSPS) is 9.88. The minimum atomic E-state index is 0. The van der Waals surface area contributed by atoms with Crippen molar-refractivity contribution < 1.29 is 51.0 Å². The molecule has 0 spiro atoms. The Labute approximate surface area is 242 Å². The molecule has 0 N–H and O–H groups in total. The Bertz CT molecular complexity index is 869. The molecular formula is C30H41Cl2SiZr. The maximum Gasteiger partial charge on any atom is 4.00 e. The summed E-state index contributed by atoms with van der Waals surface area (Å²) < 4.78 is 0. The van der Waals surface area contributed by atoms with Gasteiger partial charge in [-0.15, -0.1) is 81.2 Å². The molecule has 0 bridgehead atoms. The zero-order valence-corrected chi connectivity index (χ0v) is 26.9. The first-order valence-electron chi connectivity index (χ1n) is 12.0. The molecule has 0 aliphatic rings. The number of rotatable bonds is 6. The van der Waals surface area contributed by atoms with Crippen molar-refractivity contribution in [3.05, 3.63) is 83.9 Å². The third-order valence-corrected chi connectivity index (χ3v) is 6.38. The van der Waals surface area contributed by atoms with Crippen molar-refractivity contribution >= 4 is 31.1 Å². The van der Waals surface area contributed by atoms with Crippen LogP contribution in [0.15, 0.2) is 72.8 Å². The smallest absolute Gasteiger partial charge is 1.00 e. The van der Waals surface area contributed by atoms with Gasteiger partial charge in [-0.05, 0) is 24.7 Å².